The summed E-state index contributed by atoms with van der Waals surface area (Å²) in [5.74, 6) is 1.52. The molecule has 2 saturated heterocycles. The van der Waals surface area contributed by atoms with E-state index < -0.39 is 0 Å². The molecule has 0 aromatic rings. The van der Waals surface area contributed by atoms with Crippen molar-refractivity contribution in [2.24, 2.45) is 11.8 Å². The van der Waals surface area contributed by atoms with Crippen molar-refractivity contribution in [2.45, 2.75) is 91.5 Å². The van der Waals surface area contributed by atoms with Gasteiger partial charge in [-0.25, -0.2) is 0 Å². The Hall–Kier alpha value is -0.120. The van der Waals surface area contributed by atoms with Crippen LogP contribution in [0.3, 0.4) is 0 Å². The molecule has 0 amide bonds. The number of hydrogen-bond donors (Lipinski definition) is 0. The van der Waals surface area contributed by atoms with E-state index in [1.807, 2.05) is 0 Å². The molecule has 4 atom stereocenters. The van der Waals surface area contributed by atoms with Crippen molar-refractivity contribution in [1.82, 2.24) is 9.80 Å². The Labute approximate surface area is 144 Å². The number of ether oxygens (including phenoxy) is 1. The molecule has 23 heavy (non-hydrogen) atoms. The first-order valence-electron chi connectivity index (χ1n) is 10.00. The summed E-state index contributed by atoms with van der Waals surface area (Å²) in [7, 11) is 0. The van der Waals surface area contributed by atoms with Crippen molar-refractivity contribution >= 4 is 0 Å². The van der Waals surface area contributed by atoms with E-state index in [1.165, 1.54) is 45.3 Å². The fourth-order valence-electron chi connectivity index (χ4n) is 4.59. The summed E-state index contributed by atoms with van der Waals surface area (Å²) in [6, 6.07) is 1.43. The molecular formula is C20H40N2O. The third-order valence-electron chi connectivity index (χ3n) is 5.71. The van der Waals surface area contributed by atoms with Crippen LogP contribution < -0.4 is 0 Å². The Morgan fingerprint density at radius 3 is 2.35 bits per heavy atom. The smallest absolute Gasteiger partial charge is 0.0717 e. The van der Waals surface area contributed by atoms with Gasteiger partial charge in [0.05, 0.1) is 12.2 Å². The van der Waals surface area contributed by atoms with Crippen molar-refractivity contribution in [1.29, 1.82) is 0 Å². The summed E-state index contributed by atoms with van der Waals surface area (Å²) < 4.78 is 6.38. The number of likely N-dealkylation sites (tertiary alicyclic amines) is 2. The zero-order valence-electron chi connectivity index (χ0n) is 16.4. The molecule has 0 aromatic carbocycles. The van der Waals surface area contributed by atoms with Crippen molar-refractivity contribution < 1.29 is 4.74 Å². The molecule has 0 aromatic heterocycles. The maximum atomic E-state index is 6.38. The van der Waals surface area contributed by atoms with E-state index in [0.717, 1.165) is 24.4 Å². The number of hydrogen-bond acceptors (Lipinski definition) is 3. The Balaban J connectivity index is 1.75. The minimum Gasteiger partial charge on any atom is -0.374 e. The van der Waals surface area contributed by atoms with Gasteiger partial charge in [-0.1, -0.05) is 20.8 Å². The molecule has 136 valence electrons. The zero-order valence-corrected chi connectivity index (χ0v) is 16.4. The monoisotopic (exact) mass is 324 g/mol. The second-order valence-electron chi connectivity index (χ2n) is 8.76. The second kappa shape index (κ2) is 8.82. The van der Waals surface area contributed by atoms with Gasteiger partial charge in [0.25, 0.3) is 0 Å². The van der Waals surface area contributed by atoms with Gasteiger partial charge in [0.1, 0.15) is 0 Å². The maximum Gasteiger partial charge on any atom is 0.0717 e. The standard InChI is InChI=1S/C20H40N2O/c1-15(2)13-22-10-7-8-20(22)17(5)12-18(6)23-19-9-11-21(14-19)16(3)4/h15-20H,7-14H2,1-6H3/t17-,18?,19?,20?/m1/s1. The summed E-state index contributed by atoms with van der Waals surface area (Å²) in [4.78, 5) is 5.28. The Morgan fingerprint density at radius 2 is 1.74 bits per heavy atom. The van der Waals surface area contributed by atoms with Crippen LogP contribution >= 0.6 is 0 Å². The van der Waals surface area contributed by atoms with E-state index in [2.05, 4.69) is 51.3 Å². The molecule has 0 saturated carbocycles. The highest BCUT2D eigenvalue weighted by Crippen LogP contribution is 2.29. The van der Waals surface area contributed by atoms with E-state index in [4.69, 9.17) is 4.74 Å². The summed E-state index contributed by atoms with van der Waals surface area (Å²) >= 11 is 0. The largest absolute Gasteiger partial charge is 0.374 e. The molecule has 2 rings (SSSR count). The number of rotatable bonds is 8. The molecule has 0 N–H and O–H groups in total. The quantitative estimate of drug-likeness (QED) is 0.670. The van der Waals surface area contributed by atoms with E-state index in [-0.39, 0.29) is 0 Å². The van der Waals surface area contributed by atoms with Gasteiger partial charge >= 0.3 is 0 Å². The van der Waals surface area contributed by atoms with Crippen LogP contribution in [0.1, 0.15) is 67.2 Å². The third-order valence-corrected chi connectivity index (χ3v) is 5.71. The molecule has 3 unspecified atom stereocenters. The second-order valence-corrected chi connectivity index (χ2v) is 8.76. The first kappa shape index (κ1) is 19.2. The Bertz CT molecular complexity index is 345. The van der Waals surface area contributed by atoms with E-state index >= 15 is 0 Å². The Kier molecular flexibility index (Phi) is 7.37. The maximum absolute atomic E-state index is 6.38. The van der Waals surface area contributed by atoms with Crippen LogP contribution in [0.5, 0.6) is 0 Å². The topological polar surface area (TPSA) is 15.7 Å². The van der Waals surface area contributed by atoms with Crippen LogP contribution in [0.4, 0.5) is 0 Å². The summed E-state index contributed by atoms with van der Waals surface area (Å²) in [6.45, 7) is 18.9. The third kappa shape index (κ3) is 5.72. The van der Waals surface area contributed by atoms with Gasteiger partial charge in [0.2, 0.25) is 0 Å². The predicted octanol–water partition coefficient (Wildman–Crippen LogP) is 4.02. The predicted molar refractivity (Wildman–Crippen MR) is 98.9 cm³/mol. The first-order chi connectivity index (χ1) is 10.9. The molecule has 0 bridgehead atoms. The van der Waals surface area contributed by atoms with Gasteiger partial charge in [-0.05, 0) is 64.8 Å². The zero-order chi connectivity index (χ0) is 17.0. The van der Waals surface area contributed by atoms with Gasteiger partial charge < -0.3 is 4.74 Å². The van der Waals surface area contributed by atoms with Crippen LogP contribution in [-0.4, -0.2) is 60.3 Å². The molecular weight excluding hydrogens is 284 g/mol. The molecule has 0 aliphatic carbocycles. The normalized spacial score (nSPS) is 29.7. The number of nitrogens with zero attached hydrogens (tertiary/aromatic N) is 2. The molecule has 2 aliphatic rings. The van der Waals surface area contributed by atoms with E-state index in [1.54, 1.807) is 0 Å². The highest BCUT2D eigenvalue weighted by atomic mass is 16.5. The highest BCUT2D eigenvalue weighted by Gasteiger charge is 2.31. The molecule has 2 heterocycles. The minimum absolute atomic E-state index is 0.392. The first-order valence-corrected chi connectivity index (χ1v) is 10.00. The molecule has 0 spiro atoms. The van der Waals surface area contributed by atoms with Crippen LogP contribution in [0.15, 0.2) is 0 Å². The van der Waals surface area contributed by atoms with E-state index in [0.29, 0.717) is 18.2 Å². The summed E-state index contributed by atoms with van der Waals surface area (Å²) in [5, 5.41) is 0. The Morgan fingerprint density at radius 1 is 1.00 bits per heavy atom. The van der Waals surface area contributed by atoms with Crippen LogP contribution in [0, 0.1) is 11.8 Å². The highest BCUT2D eigenvalue weighted by molar-refractivity contribution is 4.85. The lowest BCUT2D eigenvalue weighted by molar-refractivity contribution is -0.0142. The molecule has 2 fully saturated rings. The van der Waals surface area contributed by atoms with Crippen molar-refractivity contribution in [3.8, 4) is 0 Å². The lowest BCUT2D eigenvalue weighted by atomic mass is 9.93. The summed E-state index contributed by atoms with van der Waals surface area (Å²) in [5.41, 5.74) is 0. The lowest BCUT2D eigenvalue weighted by Gasteiger charge is -2.32. The molecule has 3 heteroatoms. The van der Waals surface area contributed by atoms with Crippen LogP contribution in [0.25, 0.3) is 0 Å². The molecule has 3 nitrogen and oxygen atoms in total. The van der Waals surface area contributed by atoms with Gasteiger partial charge in [-0.2, -0.15) is 0 Å². The van der Waals surface area contributed by atoms with Gasteiger partial charge in [-0.15, -0.1) is 0 Å². The average molecular weight is 325 g/mol. The fraction of sp³-hybridized carbons (Fsp3) is 1.00. The van der Waals surface area contributed by atoms with Crippen molar-refractivity contribution in [2.75, 3.05) is 26.2 Å². The minimum atomic E-state index is 0.392. The fourth-order valence-corrected chi connectivity index (χ4v) is 4.59. The lowest BCUT2D eigenvalue weighted by Crippen LogP contribution is -2.38. The van der Waals surface area contributed by atoms with Crippen LogP contribution in [-0.2, 0) is 4.74 Å². The molecule has 0 radical (unpaired) electrons. The summed E-state index contributed by atoms with van der Waals surface area (Å²) in [6.07, 6.45) is 6.02. The van der Waals surface area contributed by atoms with Gasteiger partial charge in [0.15, 0.2) is 0 Å². The van der Waals surface area contributed by atoms with Gasteiger partial charge in [-0.3, -0.25) is 9.80 Å². The molecule has 2 aliphatic heterocycles. The van der Waals surface area contributed by atoms with Crippen molar-refractivity contribution in [3.63, 3.8) is 0 Å². The average Bonchev–Trinajstić information content (AvgIpc) is 3.07. The van der Waals surface area contributed by atoms with E-state index in [9.17, 15) is 0 Å². The van der Waals surface area contributed by atoms with Gasteiger partial charge in [0, 0.05) is 31.7 Å². The van der Waals surface area contributed by atoms with Crippen LogP contribution in [0.2, 0.25) is 0 Å². The SMILES string of the molecule is CC(C)CN1CCCC1[C@H](C)CC(C)OC1CCN(C(C)C)C1. The van der Waals surface area contributed by atoms with Crippen molar-refractivity contribution in [3.05, 3.63) is 0 Å².